The molecule has 0 radical (unpaired) electrons. The van der Waals surface area contributed by atoms with Crippen molar-refractivity contribution in [1.29, 1.82) is 0 Å². The Labute approximate surface area is 226 Å². The van der Waals surface area contributed by atoms with Gasteiger partial charge in [-0.05, 0) is 46.9 Å². The van der Waals surface area contributed by atoms with Gasteiger partial charge in [0.2, 0.25) is 11.8 Å². The third-order valence-corrected chi connectivity index (χ3v) is 10.4. The highest BCUT2D eigenvalue weighted by Gasteiger charge is 2.72. The molecule has 7 heteroatoms. The van der Waals surface area contributed by atoms with Gasteiger partial charge in [-0.2, -0.15) is 0 Å². The van der Waals surface area contributed by atoms with Crippen LogP contribution in [0.2, 0.25) is 0 Å². The van der Waals surface area contributed by atoms with E-state index in [1.807, 2.05) is 55.5 Å². The number of benzene rings is 3. The van der Waals surface area contributed by atoms with Gasteiger partial charge in [-0.25, -0.2) is 9.69 Å². The van der Waals surface area contributed by atoms with E-state index in [1.165, 1.54) is 4.90 Å². The lowest BCUT2D eigenvalue weighted by Gasteiger charge is -2.55. The molecule has 2 amide bonds. The zero-order chi connectivity index (χ0) is 25.2. The second kappa shape index (κ2) is 8.38. The standard InChI is InChI=1S/C29H23Br2NO4/c1-2-3-15-36-27(35)17-9-8-10-18(16-17)32-25(33)23-24(26(32)34)29(31)20-12-5-4-11-19(20)28(23,30)21-13-6-7-14-22(21)29/h4-14,16,23-24H,2-3,15H2,1H3/t23-,24+,28?,29?. The predicted octanol–water partition coefficient (Wildman–Crippen LogP) is 6.05. The lowest BCUT2D eigenvalue weighted by molar-refractivity contribution is -0.122. The first-order valence-corrected chi connectivity index (χ1v) is 13.7. The van der Waals surface area contributed by atoms with Gasteiger partial charge in [0.1, 0.15) is 0 Å². The summed E-state index contributed by atoms with van der Waals surface area (Å²) in [7, 11) is 0. The maximum Gasteiger partial charge on any atom is 0.338 e. The topological polar surface area (TPSA) is 63.7 Å². The van der Waals surface area contributed by atoms with E-state index < -0.39 is 26.5 Å². The van der Waals surface area contributed by atoms with Gasteiger partial charge >= 0.3 is 5.97 Å². The normalized spacial score (nSPS) is 27.5. The minimum atomic E-state index is -0.849. The first-order chi connectivity index (χ1) is 17.3. The van der Waals surface area contributed by atoms with Crippen LogP contribution in [-0.4, -0.2) is 24.4 Å². The van der Waals surface area contributed by atoms with Crippen LogP contribution in [0.3, 0.4) is 0 Å². The number of anilines is 1. The van der Waals surface area contributed by atoms with Gasteiger partial charge in [-0.15, -0.1) is 0 Å². The molecule has 0 N–H and O–H groups in total. The summed E-state index contributed by atoms with van der Waals surface area (Å²) in [5.74, 6) is -2.35. The zero-order valence-electron chi connectivity index (χ0n) is 19.5. The van der Waals surface area contributed by atoms with Gasteiger partial charge in [0.25, 0.3) is 0 Å². The smallest absolute Gasteiger partial charge is 0.338 e. The molecule has 4 aliphatic rings. The summed E-state index contributed by atoms with van der Waals surface area (Å²) in [5.41, 5.74) is 4.63. The van der Waals surface area contributed by atoms with Gasteiger partial charge in [0.15, 0.2) is 0 Å². The van der Waals surface area contributed by atoms with E-state index in [0.717, 1.165) is 35.1 Å². The number of hydrogen-bond donors (Lipinski definition) is 0. The van der Waals surface area contributed by atoms with Crippen LogP contribution < -0.4 is 4.90 Å². The summed E-state index contributed by atoms with van der Waals surface area (Å²) in [6, 6.07) is 22.5. The molecular weight excluding hydrogens is 586 g/mol. The van der Waals surface area contributed by atoms with E-state index in [1.54, 1.807) is 24.3 Å². The highest BCUT2D eigenvalue weighted by Crippen LogP contribution is 2.70. The van der Waals surface area contributed by atoms with E-state index in [2.05, 4.69) is 31.9 Å². The second-order valence-corrected chi connectivity index (χ2v) is 12.0. The van der Waals surface area contributed by atoms with Gasteiger partial charge in [-0.3, -0.25) is 9.59 Å². The van der Waals surface area contributed by atoms with E-state index in [0.29, 0.717) is 17.9 Å². The van der Waals surface area contributed by atoms with E-state index in [9.17, 15) is 14.4 Å². The number of carbonyl (C=O) groups excluding carboxylic acids is 3. The molecule has 0 spiro atoms. The highest BCUT2D eigenvalue weighted by atomic mass is 79.9. The van der Waals surface area contributed by atoms with Crippen LogP contribution in [0.1, 0.15) is 52.4 Å². The maximum atomic E-state index is 14.1. The Morgan fingerprint density at radius 1 is 0.833 bits per heavy atom. The SMILES string of the molecule is CCCCOC(=O)c1cccc(N2C(=O)[C@@H]3[C@H](C2=O)C2(Br)c4ccccc4C3(Br)c3ccccc32)c1. The van der Waals surface area contributed by atoms with Crippen LogP contribution in [0, 0.1) is 11.8 Å². The fourth-order valence-corrected chi connectivity index (χ4v) is 8.39. The van der Waals surface area contributed by atoms with Crippen molar-refractivity contribution in [3.05, 3.63) is 101 Å². The second-order valence-electron chi connectivity index (χ2n) is 9.52. The van der Waals surface area contributed by atoms with E-state index >= 15 is 0 Å². The Morgan fingerprint density at radius 3 is 1.81 bits per heavy atom. The summed E-state index contributed by atoms with van der Waals surface area (Å²) in [5, 5.41) is 0. The quantitative estimate of drug-likeness (QED) is 0.153. The highest BCUT2D eigenvalue weighted by molar-refractivity contribution is 9.10. The predicted molar refractivity (Wildman–Crippen MR) is 143 cm³/mol. The van der Waals surface area contributed by atoms with Gasteiger partial charge in [0.05, 0.1) is 38.3 Å². The number of nitrogens with zero attached hydrogens (tertiary/aromatic N) is 1. The van der Waals surface area contributed by atoms with Crippen molar-refractivity contribution in [3.8, 4) is 0 Å². The van der Waals surface area contributed by atoms with Crippen molar-refractivity contribution >= 4 is 55.3 Å². The third-order valence-electron chi connectivity index (χ3n) is 7.66. The van der Waals surface area contributed by atoms with Gasteiger partial charge in [-0.1, -0.05) is 99.8 Å². The van der Waals surface area contributed by atoms with Crippen LogP contribution in [-0.2, 0) is 23.0 Å². The van der Waals surface area contributed by atoms with Crippen molar-refractivity contribution in [1.82, 2.24) is 0 Å². The summed E-state index contributed by atoms with van der Waals surface area (Å²) in [6.45, 7) is 2.36. The number of hydrogen-bond acceptors (Lipinski definition) is 4. The lowest BCUT2D eigenvalue weighted by Crippen LogP contribution is -2.56. The molecule has 0 unspecified atom stereocenters. The monoisotopic (exact) mass is 607 g/mol. The number of halogens is 2. The number of ether oxygens (including phenoxy) is 1. The molecule has 1 heterocycles. The van der Waals surface area contributed by atoms with Crippen LogP contribution >= 0.6 is 31.9 Å². The minimum Gasteiger partial charge on any atom is -0.462 e. The summed E-state index contributed by atoms with van der Waals surface area (Å²) in [6.07, 6.45) is 1.69. The number of amides is 2. The van der Waals surface area contributed by atoms with Crippen LogP contribution in [0.25, 0.3) is 0 Å². The molecule has 2 bridgehead atoms. The Hall–Kier alpha value is -2.77. The van der Waals surface area contributed by atoms with Gasteiger partial charge < -0.3 is 4.74 Å². The molecule has 3 aromatic carbocycles. The van der Waals surface area contributed by atoms with Crippen LogP contribution in [0.15, 0.2) is 72.8 Å². The number of alkyl halides is 2. The minimum absolute atomic E-state index is 0.286. The molecule has 3 aromatic rings. The Bertz CT molecular complexity index is 1310. The molecule has 182 valence electrons. The average molecular weight is 609 g/mol. The Morgan fingerprint density at radius 2 is 1.33 bits per heavy atom. The van der Waals surface area contributed by atoms with Crippen molar-refractivity contribution in [2.45, 2.75) is 28.4 Å². The van der Waals surface area contributed by atoms with Crippen molar-refractivity contribution < 1.29 is 19.1 Å². The Kier molecular flexibility index (Phi) is 5.50. The maximum absolute atomic E-state index is 14.1. The van der Waals surface area contributed by atoms with Gasteiger partial charge in [0, 0.05) is 0 Å². The zero-order valence-corrected chi connectivity index (χ0v) is 22.7. The fourth-order valence-electron chi connectivity index (χ4n) is 6.09. The van der Waals surface area contributed by atoms with Crippen LogP contribution in [0.5, 0.6) is 0 Å². The molecule has 1 aliphatic heterocycles. The average Bonchev–Trinajstić information content (AvgIpc) is 3.18. The molecule has 5 nitrogen and oxygen atoms in total. The molecule has 0 saturated carbocycles. The largest absolute Gasteiger partial charge is 0.462 e. The molecule has 1 fully saturated rings. The van der Waals surface area contributed by atoms with Crippen molar-refractivity contribution in [2.75, 3.05) is 11.5 Å². The summed E-state index contributed by atoms with van der Waals surface area (Å²) >= 11 is 8.02. The summed E-state index contributed by atoms with van der Waals surface area (Å²) in [4.78, 5) is 42.1. The molecule has 2 atom stereocenters. The molecule has 3 aliphatic carbocycles. The molecule has 7 rings (SSSR count). The lowest BCUT2D eigenvalue weighted by atomic mass is 9.54. The van der Waals surface area contributed by atoms with E-state index in [4.69, 9.17) is 4.74 Å². The molecular formula is C29H23Br2NO4. The Balaban J connectivity index is 1.47. The molecule has 36 heavy (non-hydrogen) atoms. The van der Waals surface area contributed by atoms with Crippen molar-refractivity contribution in [3.63, 3.8) is 0 Å². The number of imide groups is 1. The number of unbranched alkanes of at least 4 members (excludes halogenated alkanes) is 1. The van der Waals surface area contributed by atoms with E-state index in [-0.39, 0.29) is 11.8 Å². The number of esters is 1. The first kappa shape index (κ1) is 23.6. The fraction of sp³-hybridized carbons (Fsp3) is 0.276. The molecule has 1 saturated heterocycles. The van der Waals surface area contributed by atoms with Crippen LogP contribution in [0.4, 0.5) is 5.69 Å². The van der Waals surface area contributed by atoms with Crippen molar-refractivity contribution in [2.24, 2.45) is 11.8 Å². The molecule has 0 aromatic heterocycles. The summed E-state index contributed by atoms with van der Waals surface area (Å²) < 4.78 is 3.66. The number of rotatable bonds is 5. The first-order valence-electron chi connectivity index (χ1n) is 12.1. The third kappa shape index (κ3) is 2.96. The number of carbonyl (C=O) groups is 3.